The first-order valence-electron chi connectivity index (χ1n) is 6.22. The van der Waals surface area contributed by atoms with E-state index in [-0.39, 0.29) is 4.95 Å². The number of hydrazine groups is 2. The third-order valence-corrected chi connectivity index (χ3v) is 4.05. The van der Waals surface area contributed by atoms with Gasteiger partial charge in [-0.05, 0) is 18.2 Å². The molecule has 1 aliphatic heterocycles. The summed E-state index contributed by atoms with van der Waals surface area (Å²) in [7, 11) is 0. The molecule has 1 atom stereocenters. The summed E-state index contributed by atoms with van der Waals surface area (Å²) in [6.45, 7) is 0. The molecule has 4 rings (SSSR count). The van der Waals surface area contributed by atoms with Gasteiger partial charge in [0.2, 0.25) is 0 Å². The van der Waals surface area contributed by atoms with E-state index in [0.717, 1.165) is 22.2 Å². The van der Waals surface area contributed by atoms with Crippen LogP contribution in [-0.4, -0.2) is 20.2 Å². The fourth-order valence-electron chi connectivity index (χ4n) is 2.32. The lowest BCUT2D eigenvalue weighted by molar-refractivity contribution is 0.843. The molecule has 0 spiro atoms. The van der Waals surface area contributed by atoms with E-state index in [1.807, 2.05) is 18.2 Å². The molecule has 1 aliphatic rings. The van der Waals surface area contributed by atoms with Gasteiger partial charge in [0.25, 0.3) is 0 Å². The highest BCUT2D eigenvalue weighted by molar-refractivity contribution is 9.09. The molecule has 3 heterocycles. The molecule has 9 heteroatoms. The number of halogens is 1. The van der Waals surface area contributed by atoms with Gasteiger partial charge in [0, 0.05) is 5.39 Å². The van der Waals surface area contributed by atoms with E-state index in [2.05, 4.69) is 46.9 Å². The van der Waals surface area contributed by atoms with E-state index in [1.165, 1.54) is 11.3 Å². The van der Waals surface area contributed by atoms with Crippen LogP contribution < -0.4 is 21.7 Å². The molecule has 0 fully saturated rings. The molecule has 0 radical (unpaired) electrons. The van der Waals surface area contributed by atoms with Crippen LogP contribution in [0.25, 0.3) is 10.9 Å². The number of nitrogens with one attached hydrogen (secondary N) is 3. The normalized spacial score (nSPS) is 16.8. The van der Waals surface area contributed by atoms with E-state index < -0.39 is 0 Å². The largest absolute Gasteiger partial charge is 0.304 e. The van der Waals surface area contributed by atoms with Gasteiger partial charge in [-0.3, -0.25) is 10.1 Å². The summed E-state index contributed by atoms with van der Waals surface area (Å²) in [4.78, 5) is 8.37. The number of hydrogen-bond donors (Lipinski definition) is 4. The SMILES string of the molecule is NN(c1ccc2[nH]ncc2c1)c1ncnc2c1C(Br)NN2. The molecule has 8 nitrogen and oxygen atoms in total. The lowest BCUT2D eigenvalue weighted by atomic mass is 10.2. The second-order valence-corrected chi connectivity index (χ2v) is 5.52. The topological polar surface area (TPSA) is 108 Å². The van der Waals surface area contributed by atoms with Gasteiger partial charge in [-0.25, -0.2) is 21.2 Å². The Morgan fingerprint density at radius 1 is 1.29 bits per heavy atom. The highest BCUT2D eigenvalue weighted by Gasteiger charge is 2.27. The minimum absolute atomic E-state index is 0.104. The van der Waals surface area contributed by atoms with E-state index in [4.69, 9.17) is 5.84 Å². The van der Waals surface area contributed by atoms with Gasteiger partial charge in [0.15, 0.2) is 11.6 Å². The quantitative estimate of drug-likeness (QED) is 0.242. The average Bonchev–Trinajstić information content (AvgIpc) is 3.12. The van der Waals surface area contributed by atoms with Crippen LogP contribution >= 0.6 is 15.9 Å². The first-order valence-corrected chi connectivity index (χ1v) is 7.14. The summed E-state index contributed by atoms with van der Waals surface area (Å²) in [5, 5.41) is 9.44. The number of nitrogens with zero attached hydrogens (tertiary/aromatic N) is 4. The molecule has 0 bridgehead atoms. The zero-order valence-electron chi connectivity index (χ0n) is 10.7. The van der Waals surface area contributed by atoms with Crippen molar-refractivity contribution >= 4 is 44.2 Å². The zero-order chi connectivity index (χ0) is 14.4. The van der Waals surface area contributed by atoms with Crippen LogP contribution in [0.1, 0.15) is 10.5 Å². The fraction of sp³-hybridized carbons (Fsp3) is 0.0833. The first-order chi connectivity index (χ1) is 10.2. The van der Waals surface area contributed by atoms with Gasteiger partial charge in [-0.2, -0.15) is 5.10 Å². The van der Waals surface area contributed by atoms with Gasteiger partial charge in [-0.1, -0.05) is 15.9 Å². The Kier molecular flexibility index (Phi) is 2.77. The van der Waals surface area contributed by atoms with Crippen LogP contribution in [0, 0.1) is 0 Å². The molecule has 0 aliphatic carbocycles. The monoisotopic (exact) mass is 346 g/mol. The highest BCUT2D eigenvalue weighted by atomic mass is 79.9. The Morgan fingerprint density at radius 3 is 3.10 bits per heavy atom. The van der Waals surface area contributed by atoms with Crippen LogP contribution in [0.2, 0.25) is 0 Å². The van der Waals surface area contributed by atoms with Crippen molar-refractivity contribution in [2.75, 3.05) is 10.4 Å². The Labute approximate surface area is 127 Å². The number of hydrogen-bond acceptors (Lipinski definition) is 7. The fourth-order valence-corrected chi connectivity index (χ4v) is 2.85. The van der Waals surface area contributed by atoms with E-state index >= 15 is 0 Å². The van der Waals surface area contributed by atoms with Crippen LogP contribution in [0.5, 0.6) is 0 Å². The number of anilines is 3. The number of alkyl halides is 1. The third-order valence-electron chi connectivity index (χ3n) is 3.36. The lowest BCUT2D eigenvalue weighted by Gasteiger charge is -2.20. The molecule has 2 aromatic heterocycles. The number of aromatic nitrogens is 4. The lowest BCUT2D eigenvalue weighted by Crippen LogP contribution is -2.27. The third kappa shape index (κ3) is 1.94. The standard InChI is InChI=1S/C12H11BrN8/c13-10-9-11(20-19-10)15-5-16-12(9)21(14)7-1-2-8-6(3-7)4-17-18-8/h1-5,10,19H,14H2,(H,17,18)(H,15,16,20). The van der Waals surface area contributed by atoms with Gasteiger partial charge >= 0.3 is 0 Å². The molecule has 1 aromatic carbocycles. The smallest absolute Gasteiger partial charge is 0.158 e. The van der Waals surface area contributed by atoms with Crippen LogP contribution in [0.3, 0.4) is 0 Å². The molecule has 106 valence electrons. The summed E-state index contributed by atoms with van der Waals surface area (Å²) in [5.41, 5.74) is 8.64. The first kappa shape index (κ1) is 12.5. The van der Waals surface area contributed by atoms with Crippen molar-refractivity contribution in [1.82, 2.24) is 25.6 Å². The molecular formula is C12H11BrN8. The summed E-state index contributed by atoms with van der Waals surface area (Å²) < 4.78 is 0. The second-order valence-electron chi connectivity index (χ2n) is 4.60. The number of fused-ring (bicyclic) bond motifs is 2. The van der Waals surface area contributed by atoms with Crippen LogP contribution in [0.4, 0.5) is 17.3 Å². The van der Waals surface area contributed by atoms with Crippen molar-refractivity contribution in [2.45, 2.75) is 4.95 Å². The summed E-state index contributed by atoms with van der Waals surface area (Å²) in [6.07, 6.45) is 3.23. The summed E-state index contributed by atoms with van der Waals surface area (Å²) >= 11 is 3.51. The van der Waals surface area contributed by atoms with E-state index in [9.17, 15) is 0 Å². The molecule has 0 saturated carbocycles. The number of benzene rings is 1. The average molecular weight is 347 g/mol. The Balaban J connectivity index is 1.81. The maximum absolute atomic E-state index is 6.25. The predicted octanol–water partition coefficient (Wildman–Crippen LogP) is 1.69. The number of nitrogens with two attached hydrogens (primary N) is 1. The highest BCUT2D eigenvalue weighted by Crippen LogP contribution is 2.38. The van der Waals surface area contributed by atoms with Gasteiger partial charge in [-0.15, -0.1) is 0 Å². The maximum atomic E-state index is 6.25. The number of rotatable bonds is 2. The van der Waals surface area contributed by atoms with Crippen molar-refractivity contribution in [3.63, 3.8) is 0 Å². The van der Waals surface area contributed by atoms with Gasteiger partial charge in [0.05, 0.1) is 23.0 Å². The molecule has 1 unspecified atom stereocenters. The van der Waals surface area contributed by atoms with Crippen LogP contribution in [0.15, 0.2) is 30.7 Å². The second kappa shape index (κ2) is 4.65. The van der Waals surface area contributed by atoms with Crippen LogP contribution in [-0.2, 0) is 0 Å². The molecule has 21 heavy (non-hydrogen) atoms. The minimum Gasteiger partial charge on any atom is -0.304 e. The van der Waals surface area contributed by atoms with Gasteiger partial charge in [0.1, 0.15) is 11.3 Å². The van der Waals surface area contributed by atoms with Gasteiger partial charge < -0.3 is 5.43 Å². The van der Waals surface area contributed by atoms with Crippen molar-refractivity contribution in [3.8, 4) is 0 Å². The minimum atomic E-state index is -0.104. The number of aromatic amines is 1. The Bertz CT molecular complexity index is 816. The van der Waals surface area contributed by atoms with Crippen molar-refractivity contribution in [2.24, 2.45) is 5.84 Å². The Morgan fingerprint density at radius 2 is 2.19 bits per heavy atom. The van der Waals surface area contributed by atoms with E-state index in [1.54, 1.807) is 6.20 Å². The molecule has 0 saturated heterocycles. The van der Waals surface area contributed by atoms with Crippen molar-refractivity contribution in [1.29, 1.82) is 0 Å². The summed E-state index contributed by atoms with van der Waals surface area (Å²) in [5.74, 6) is 7.58. The van der Waals surface area contributed by atoms with Crippen molar-refractivity contribution < 1.29 is 0 Å². The van der Waals surface area contributed by atoms with Crippen molar-refractivity contribution in [3.05, 3.63) is 36.3 Å². The molecule has 3 aromatic rings. The predicted molar refractivity (Wildman–Crippen MR) is 82.9 cm³/mol. The van der Waals surface area contributed by atoms with E-state index in [0.29, 0.717) is 11.6 Å². The number of H-pyrrole nitrogens is 1. The molecule has 5 N–H and O–H groups in total. The molecular weight excluding hydrogens is 336 g/mol. The maximum Gasteiger partial charge on any atom is 0.158 e. The Hall–Kier alpha value is -2.23. The molecule has 0 amide bonds. The zero-order valence-corrected chi connectivity index (χ0v) is 12.3. The summed E-state index contributed by atoms with van der Waals surface area (Å²) in [6, 6.07) is 5.79.